The van der Waals surface area contributed by atoms with E-state index >= 15 is 0 Å². The Labute approximate surface area is 133 Å². The van der Waals surface area contributed by atoms with Crippen LogP contribution in [0.3, 0.4) is 0 Å². The molecule has 0 unspecified atom stereocenters. The van der Waals surface area contributed by atoms with Crippen molar-refractivity contribution in [1.82, 2.24) is 4.90 Å². The second-order valence-electron chi connectivity index (χ2n) is 6.98. The van der Waals surface area contributed by atoms with Gasteiger partial charge in [-0.3, -0.25) is 4.79 Å². The Kier molecular flexibility index (Phi) is 4.95. The van der Waals surface area contributed by atoms with Crippen LogP contribution in [0.1, 0.15) is 38.3 Å². The molecule has 2 rings (SSSR count). The number of rotatable bonds is 3. The van der Waals surface area contributed by atoms with E-state index in [1.807, 2.05) is 0 Å². The van der Waals surface area contributed by atoms with Crippen LogP contribution in [0, 0.1) is 0 Å². The molecule has 22 heavy (non-hydrogen) atoms. The van der Waals surface area contributed by atoms with Gasteiger partial charge in [-0.15, -0.1) is 0 Å². The van der Waals surface area contributed by atoms with Crippen LogP contribution in [0.2, 0.25) is 0 Å². The molecule has 1 saturated heterocycles. The molecular weight excluding hydrogens is 298 g/mol. The van der Waals surface area contributed by atoms with E-state index in [1.54, 1.807) is 4.90 Å². The van der Waals surface area contributed by atoms with Gasteiger partial charge in [-0.05, 0) is 23.0 Å². The van der Waals surface area contributed by atoms with Gasteiger partial charge >= 0.3 is 0 Å². The first-order valence-corrected chi connectivity index (χ1v) is 9.57. The highest BCUT2D eigenvalue weighted by molar-refractivity contribution is 7.91. The Morgan fingerprint density at radius 3 is 2.14 bits per heavy atom. The summed E-state index contributed by atoms with van der Waals surface area (Å²) in [6.45, 7) is 7.20. The molecule has 1 aliphatic rings. The predicted octanol–water partition coefficient (Wildman–Crippen LogP) is 2.17. The van der Waals surface area contributed by atoms with E-state index in [1.165, 1.54) is 5.56 Å². The summed E-state index contributed by atoms with van der Waals surface area (Å²) < 4.78 is 22.7. The number of aryl methyl sites for hydroxylation is 1. The maximum Gasteiger partial charge on any atom is 0.222 e. The highest BCUT2D eigenvalue weighted by Gasteiger charge is 2.24. The summed E-state index contributed by atoms with van der Waals surface area (Å²) in [6, 6.07) is 8.39. The number of hydrogen-bond donors (Lipinski definition) is 0. The Morgan fingerprint density at radius 1 is 1.09 bits per heavy atom. The summed E-state index contributed by atoms with van der Waals surface area (Å²) in [5.74, 6) is 0.243. The fraction of sp³-hybridized carbons (Fsp3) is 0.588. The lowest BCUT2D eigenvalue weighted by atomic mass is 9.86. The third kappa shape index (κ3) is 4.57. The van der Waals surface area contributed by atoms with E-state index in [0.29, 0.717) is 25.9 Å². The van der Waals surface area contributed by atoms with Crippen LogP contribution in [-0.4, -0.2) is 43.8 Å². The average molecular weight is 323 g/mol. The molecule has 5 heteroatoms. The summed E-state index contributed by atoms with van der Waals surface area (Å²) in [4.78, 5) is 13.8. The SMILES string of the molecule is CC(C)(C)c1ccc(CCC(=O)N2CCS(=O)(=O)CC2)cc1. The minimum atomic E-state index is -2.93. The van der Waals surface area contributed by atoms with Gasteiger partial charge in [0, 0.05) is 19.5 Å². The summed E-state index contributed by atoms with van der Waals surface area (Å²) in [6.07, 6.45) is 1.14. The molecule has 0 spiro atoms. The molecule has 0 N–H and O–H groups in total. The van der Waals surface area contributed by atoms with Crippen LogP contribution in [0.4, 0.5) is 0 Å². The van der Waals surface area contributed by atoms with E-state index in [9.17, 15) is 13.2 Å². The van der Waals surface area contributed by atoms with Gasteiger partial charge < -0.3 is 4.90 Å². The highest BCUT2D eigenvalue weighted by atomic mass is 32.2. The third-order valence-electron chi connectivity index (χ3n) is 4.14. The van der Waals surface area contributed by atoms with Crippen molar-refractivity contribution in [2.45, 2.75) is 39.0 Å². The normalized spacial score (nSPS) is 18.2. The van der Waals surface area contributed by atoms with E-state index < -0.39 is 9.84 Å². The van der Waals surface area contributed by atoms with Crippen molar-refractivity contribution in [3.05, 3.63) is 35.4 Å². The summed E-state index contributed by atoms with van der Waals surface area (Å²) in [5, 5.41) is 0. The maximum atomic E-state index is 12.1. The largest absolute Gasteiger partial charge is 0.341 e. The lowest BCUT2D eigenvalue weighted by Gasteiger charge is -2.26. The van der Waals surface area contributed by atoms with Gasteiger partial charge in [-0.25, -0.2) is 8.42 Å². The van der Waals surface area contributed by atoms with Crippen molar-refractivity contribution >= 4 is 15.7 Å². The summed E-state index contributed by atoms with van der Waals surface area (Å²) in [5.41, 5.74) is 2.56. The predicted molar refractivity (Wildman–Crippen MR) is 88.7 cm³/mol. The fourth-order valence-corrected chi connectivity index (χ4v) is 3.74. The van der Waals surface area contributed by atoms with Gasteiger partial charge in [0.05, 0.1) is 11.5 Å². The van der Waals surface area contributed by atoms with Crippen LogP contribution < -0.4 is 0 Å². The first-order chi connectivity index (χ1) is 10.2. The van der Waals surface area contributed by atoms with Gasteiger partial charge in [-0.2, -0.15) is 0 Å². The molecule has 1 heterocycles. The molecule has 0 aliphatic carbocycles. The number of carbonyl (C=O) groups is 1. The summed E-state index contributed by atoms with van der Waals surface area (Å²) >= 11 is 0. The monoisotopic (exact) mass is 323 g/mol. The lowest BCUT2D eigenvalue weighted by Crippen LogP contribution is -2.43. The Morgan fingerprint density at radius 2 is 1.64 bits per heavy atom. The number of nitrogens with zero attached hydrogens (tertiary/aromatic N) is 1. The maximum absolute atomic E-state index is 12.1. The van der Waals surface area contributed by atoms with Crippen LogP contribution >= 0.6 is 0 Å². The van der Waals surface area contributed by atoms with Crippen LogP contribution in [0.5, 0.6) is 0 Å². The smallest absolute Gasteiger partial charge is 0.222 e. The first kappa shape index (κ1) is 17.0. The minimum absolute atomic E-state index is 0.0507. The van der Waals surface area contributed by atoms with Crippen molar-refractivity contribution < 1.29 is 13.2 Å². The molecule has 1 aliphatic heterocycles. The second-order valence-corrected chi connectivity index (χ2v) is 9.28. The van der Waals surface area contributed by atoms with Gasteiger partial charge in [0.1, 0.15) is 0 Å². The summed E-state index contributed by atoms with van der Waals surface area (Å²) in [7, 11) is -2.93. The van der Waals surface area contributed by atoms with Crippen molar-refractivity contribution in [2.24, 2.45) is 0 Å². The minimum Gasteiger partial charge on any atom is -0.341 e. The number of carbonyl (C=O) groups excluding carboxylic acids is 1. The lowest BCUT2D eigenvalue weighted by molar-refractivity contribution is -0.130. The third-order valence-corrected chi connectivity index (χ3v) is 5.75. The quantitative estimate of drug-likeness (QED) is 0.856. The van der Waals surface area contributed by atoms with E-state index in [0.717, 1.165) is 5.56 Å². The molecule has 0 radical (unpaired) electrons. The molecule has 1 amide bonds. The molecule has 4 nitrogen and oxygen atoms in total. The van der Waals surface area contributed by atoms with Gasteiger partial charge in [0.2, 0.25) is 5.91 Å². The fourth-order valence-electron chi connectivity index (χ4n) is 2.54. The van der Waals surface area contributed by atoms with E-state index in [-0.39, 0.29) is 22.8 Å². The molecule has 0 bridgehead atoms. The number of benzene rings is 1. The van der Waals surface area contributed by atoms with Gasteiger partial charge in [0.15, 0.2) is 9.84 Å². The van der Waals surface area contributed by atoms with Crippen LogP contribution in [-0.2, 0) is 26.5 Å². The van der Waals surface area contributed by atoms with Crippen molar-refractivity contribution in [1.29, 1.82) is 0 Å². The molecule has 0 atom stereocenters. The molecule has 0 aromatic heterocycles. The van der Waals surface area contributed by atoms with Crippen molar-refractivity contribution in [2.75, 3.05) is 24.6 Å². The number of sulfone groups is 1. The standard InChI is InChI=1S/C17H25NO3S/c1-17(2,3)15-7-4-14(5-8-15)6-9-16(19)18-10-12-22(20,21)13-11-18/h4-5,7-8H,6,9-13H2,1-3H3. The Bertz CT molecular complexity index is 613. The second kappa shape index (κ2) is 6.41. The molecule has 1 fully saturated rings. The molecule has 1 aromatic carbocycles. The van der Waals surface area contributed by atoms with Crippen LogP contribution in [0.15, 0.2) is 24.3 Å². The van der Waals surface area contributed by atoms with Gasteiger partial charge in [0.25, 0.3) is 0 Å². The number of hydrogen-bond acceptors (Lipinski definition) is 3. The molecule has 0 saturated carbocycles. The Balaban J connectivity index is 1.86. The molecular formula is C17H25NO3S. The first-order valence-electron chi connectivity index (χ1n) is 7.75. The zero-order valence-electron chi connectivity index (χ0n) is 13.6. The van der Waals surface area contributed by atoms with Gasteiger partial charge in [-0.1, -0.05) is 45.0 Å². The highest BCUT2D eigenvalue weighted by Crippen LogP contribution is 2.22. The zero-order chi connectivity index (χ0) is 16.4. The van der Waals surface area contributed by atoms with Crippen LogP contribution in [0.25, 0.3) is 0 Å². The topological polar surface area (TPSA) is 54.5 Å². The molecule has 1 aromatic rings. The van der Waals surface area contributed by atoms with Crippen molar-refractivity contribution in [3.8, 4) is 0 Å². The zero-order valence-corrected chi connectivity index (χ0v) is 14.4. The molecule has 122 valence electrons. The average Bonchev–Trinajstić information content (AvgIpc) is 2.44. The number of amides is 1. The Hall–Kier alpha value is -1.36. The van der Waals surface area contributed by atoms with Crippen molar-refractivity contribution in [3.63, 3.8) is 0 Å². The van der Waals surface area contributed by atoms with E-state index in [2.05, 4.69) is 45.0 Å². The van der Waals surface area contributed by atoms with E-state index in [4.69, 9.17) is 0 Å².